The van der Waals surface area contributed by atoms with E-state index in [0.29, 0.717) is 12.0 Å². The van der Waals surface area contributed by atoms with Gasteiger partial charge < -0.3 is 19.7 Å². The van der Waals surface area contributed by atoms with Crippen molar-refractivity contribution in [3.05, 3.63) is 40.6 Å². The minimum absolute atomic E-state index is 0.426. The lowest BCUT2D eigenvalue weighted by Gasteiger charge is -2.33. The third-order valence-electron chi connectivity index (χ3n) is 6.24. The third kappa shape index (κ3) is 6.04. The average molecular weight is 443 g/mol. The summed E-state index contributed by atoms with van der Waals surface area (Å²) in [5.41, 5.74) is 1.40. The van der Waals surface area contributed by atoms with Gasteiger partial charge in [0.25, 0.3) is 0 Å². The fraction of sp³-hybridized carbons (Fsp3) is 0.583. The van der Waals surface area contributed by atoms with Crippen molar-refractivity contribution in [1.29, 1.82) is 0 Å². The van der Waals surface area contributed by atoms with Gasteiger partial charge in [-0.15, -0.1) is 11.8 Å². The Morgan fingerprint density at radius 3 is 2.55 bits per heavy atom. The number of nitrogens with zero attached hydrogens (tertiary/aromatic N) is 3. The van der Waals surface area contributed by atoms with Crippen LogP contribution in [0.2, 0.25) is 0 Å². The molecule has 6 nitrogen and oxygen atoms in total. The van der Waals surface area contributed by atoms with E-state index in [0.717, 1.165) is 81.7 Å². The van der Waals surface area contributed by atoms with Crippen molar-refractivity contribution in [2.24, 2.45) is 9.98 Å². The minimum atomic E-state index is 0.426. The second-order valence-electron chi connectivity index (χ2n) is 8.33. The third-order valence-corrected chi connectivity index (χ3v) is 7.31. The zero-order valence-electron chi connectivity index (χ0n) is 18.7. The summed E-state index contributed by atoms with van der Waals surface area (Å²) in [6.07, 6.45) is 7.29. The Labute approximate surface area is 190 Å². The number of benzene rings is 1. The summed E-state index contributed by atoms with van der Waals surface area (Å²) in [5, 5.41) is 3.70. The van der Waals surface area contributed by atoms with Crippen molar-refractivity contribution in [2.75, 3.05) is 39.2 Å². The molecule has 4 rings (SSSR count). The highest BCUT2D eigenvalue weighted by Gasteiger charge is 2.24. The molecule has 1 aromatic rings. The first-order valence-electron chi connectivity index (χ1n) is 11.4. The van der Waals surface area contributed by atoms with E-state index in [2.05, 4.69) is 41.4 Å². The van der Waals surface area contributed by atoms with Gasteiger partial charge >= 0.3 is 0 Å². The van der Waals surface area contributed by atoms with Crippen LogP contribution in [0.4, 0.5) is 0 Å². The summed E-state index contributed by atoms with van der Waals surface area (Å²) in [7, 11) is 1.71. The molecule has 0 unspecified atom stereocenters. The number of hydrogen-bond donors (Lipinski definition) is 1. The van der Waals surface area contributed by atoms with Gasteiger partial charge in [-0.3, -0.25) is 0 Å². The highest BCUT2D eigenvalue weighted by Crippen LogP contribution is 2.30. The van der Waals surface area contributed by atoms with Gasteiger partial charge in [0, 0.05) is 49.2 Å². The van der Waals surface area contributed by atoms with Gasteiger partial charge in [-0.25, -0.2) is 4.99 Å². The van der Waals surface area contributed by atoms with Gasteiger partial charge in [0.2, 0.25) is 5.96 Å². The van der Waals surface area contributed by atoms with Crippen LogP contribution in [-0.2, 0) is 4.74 Å². The number of likely N-dealkylation sites (tertiary alicyclic amines) is 1. The molecule has 2 fully saturated rings. The summed E-state index contributed by atoms with van der Waals surface area (Å²) >= 11 is 1.87. The first-order valence-corrected chi connectivity index (χ1v) is 12.4. The largest absolute Gasteiger partial charge is 0.497 e. The summed E-state index contributed by atoms with van der Waals surface area (Å²) in [5.74, 6) is 4.37. The highest BCUT2D eigenvalue weighted by atomic mass is 32.2. The van der Waals surface area contributed by atoms with E-state index in [-0.39, 0.29) is 0 Å². The zero-order chi connectivity index (χ0) is 21.5. The number of thioether (sulfide) groups is 1. The molecule has 1 aromatic carbocycles. The number of allylic oxidation sites excluding steroid dienone is 1. The molecule has 3 aliphatic rings. The lowest BCUT2D eigenvalue weighted by atomic mass is 9.89. The SMILES string of the molecule is COc1ccc(C2CCN(C3=N/C(NC4CCOCC4)=C(\C)SCC\C=N\3)CC2)cc1. The van der Waals surface area contributed by atoms with Crippen LogP contribution in [0.5, 0.6) is 5.75 Å². The maximum atomic E-state index is 5.52. The topological polar surface area (TPSA) is 58.5 Å². The van der Waals surface area contributed by atoms with Gasteiger partial charge in [0.1, 0.15) is 11.6 Å². The van der Waals surface area contributed by atoms with Crippen molar-refractivity contribution in [3.63, 3.8) is 0 Å². The van der Waals surface area contributed by atoms with E-state index < -0.39 is 0 Å². The minimum Gasteiger partial charge on any atom is -0.497 e. The molecule has 3 aliphatic heterocycles. The van der Waals surface area contributed by atoms with Crippen LogP contribution in [0, 0.1) is 0 Å². The first-order chi connectivity index (χ1) is 15.2. The van der Waals surface area contributed by atoms with Crippen LogP contribution in [0.3, 0.4) is 0 Å². The maximum absolute atomic E-state index is 5.52. The predicted molar refractivity (Wildman–Crippen MR) is 129 cm³/mol. The van der Waals surface area contributed by atoms with Crippen LogP contribution in [-0.4, -0.2) is 62.3 Å². The molecule has 0 radical (unpaired) electrons. The van der Waals surface area contributed by atoms with E-state index in [1.165, 1.54) is 10.5 Å². The Balaban J connectivity index is 1.45. The molecule has 0 aliphatic carbocycles. The number of nitrogens with one attached hydrogen (secondary N) is 1. The smallest absolute Gasteiger partial charge is 0.226 e. The quantitative estimate of drug-likeness (QED) is 0.749. The summed E-state index contributed by atoms with van der Waals surface area (Å²) in [6.45, 7) is 5.78. The van der Waals surface area contributed by atoms with Crippen LogP contribution >= 0.6 is 11.8 Å². The molecule has 2 saturated heterocycles. The molecular weight excluding hydrogens is 408 g/mol. The molecule has 0 amide bonds. The number of rotatable bonds is 4. The van der Waals surface area contributed by atoms with Crippen LogP contribution in [0.15, 0.2) is 45.0 Å². The number of ether oxygens (including phenoxy) is 2. The fourth-order valence-corrected chi connectivity index (χ4v) is 5.07. The van der Waals surface area contributed by atoms with Gasteiger partial charge in [0.05, 0.1) is 7.11 Å². The van der Waals surface area contributed by atoms with Crippen LogP contribution in [0.25, 0.3) is 0 Å². The second-order valence-corrected chi connectivity index (χ2v) is 9.64. The van der Waals surface area contributed by atoms with E-state index in [1.54, 1.807) is 7.11 Å². The van der Waals surface area contributed by atoms with Gasteiger partial charge in [-0.1, -0.05) is 12.1 Å². The molecule has 0 saturated carbocycles. The standard InChI is InChI=1S/C24H34N4O2S/c1-18-23(26-21-10-15-30-16-11-21)27-24(25-12-3-17-31-18)28-13-8-20(9-14-28)19-4-6-22(29-2)7-5-19/h4-7,12,20-21,26H,3,8-11,13-17H2,1-2H3/b23-18+,25-12+,27-24+. The summed E-state index contributed by atoms with van der Waals surface area (Å²) in [4.78, 5) is 13.4. The predicted octanol–water partition coefficient (Wildman–Crippen LogP) is 4.40. The van der Waals surface area contributed by atoms with Crippen molar-refractivity contribution in [1.82, 2.24) is 10.2 Å². The normalized spacial score (nSPS) is 26.9. The number of piperidine rings is 1. The Bertz CT molecular complexity index is 807. The van der Waals surface area contributed by atoms with E-state index in [1.807, 2.05) is 18.0 Å². The van der Waals surface area contributed by atoms with Crippen LogP contribution < -0.4 is 10.1 Å². The summed E-state index contributed by atoms with van der Waals surface area (Å²) < 4.78 is 10.8. The zero-order valence-corrected chi connectivity index (χ0v) is 19.5. The molecule has 3 heterocycles. The molecule has 168 valence electrons. The Kier molecular flexibility index (Phi) is 7.92. The molecule has 1 N–H and O–H groups in total. The molecule has 31 heavy (non-hydrogen) atoms. The lowest BCUT2D eigenvalue weighted by molar-refractivity contribution is 0.0803. The van der Waals surface area contributed by atoms with E-state index in [4.69, 9.17) is 19.5 Å². The van der Waals surface area contributed by atoms with Crippen LogP contribution in [0.1, 0.15) is 50.5 Å². The second kappa shape index (κ2) is 11.0. The number of guanidine groups is 1. The van der Waals surface area contributed by atoms with E-state index >= 15 is 0 Å². The Morgan fingerprint density at radius 2 is 1.84 bits per heavy atom. The Hall–Kier alpha value is -1.99. The Morgan fingerprint density at radius 1 is 1.10 bits per heavy atom. The van der Waals surface area contributed by atoms with Gasteiger partial charge in [-0.05, 0) is 62.6 Å². The average Bonchev–Trinajstić information content (AvgIpc) is 2.91. The highest BCUT2D eigenvalue weighted by molar-refractivity contribution is 8.03. The molecule has 7 heteroatoms. The van der Waals surface area contributed by atoms with Gasteiger partial charge in [-0.2, -0.15) is 4.99 Å². The number of aliphatic imine (C=N–C) groups is 2. The number of methoxy groups -OCH3 is 1. The lowest BCUT2D eigenvalue weighted by Crippen LogP contribution is -2.38. The van der Waals surface area contributed by atoms with Crippen molar-refractivity contribution >= 4 is 23.9 Å². The van der Waals surface area contributed by atoms with Crippen molar-refractivity contribution < 1.29 is 9.47 Å². The summed E-state index contributed by atoms with van der Waals surface area (Å²) in [6, 6.07) is 8.96. The molecule has 0 aromatic heterocycles. The molecular formula is C24H34N4O2S. The number of hydrogen-bond acceptors (Lipinski definition) is 7. The monoisotopic (exact) mass is 442 g/mol. The molecule has 0 spiro atoms. The van der Waals surface area contributed by atoms with E-state index in [9.17, 15) is 0 Å². The first kappa shape index (κ1) is 22.2. The fourth-order valence-electron chi connectivity index (χ4n) is 4.30. The van der Waals surface area contributed by atoms with Crippen molar-refractivity contribution in [2.45, 2.75) is 51.0 Å². The maximum Gasteiger partial charge on any atom is 0.226 e. The van der Waals surface area contributed by atoms with Gasteiger partial charge in [0.15, 0.2) is 0 Å². The molecule has 0 bridgehead atoms. The molecule has 0 atom stereocenters. The van der Waals surface area contributed by atoms with Crippen molar-refractivity contribution in [3.8, 4) is 5.75 Å².